The van der Waals surface area contributed by atoms with Crippen LogP contribution in [-0.2, 0) is 42.1 Å². The minimum absolute atomic E-state index is 0.141. The van der Waals surface area contributed by atoms with Crippen molar-refractivity contribution in [2.75, 3.05) is 26.9 Å². The number of hydrogen-bond acceptors (Lipinski definition) is 12. The van der Waals surface area contributed by atoms with Crippen molar-refractivity contribution in [1.29, 1.82) is 0 Å². The fourth-order valence-electron chi connectivity index (χ4n) is 3.62. The summed E-state index contributed by atoms with van der Waals surface area (Å²) < 4.78 is 46.6. The second-order valence-electron chi connectivity index (χ2n) is 11.6. The van der Waals surface area contributed by atoms with Gasteiger partial charge < -0.3 is 24.1 Å². The summed E-state index contributed by atoms with van der Waals surface area (Å²) >= 11 is 0. The van der Waals surface area contributed by atoms with Gasteiger partial charge in [-0.2, -0.15) is 0 Å². The first kappa shape index (κ1) is 33.9. The molecule has 0 amide bonds. The molecule has 0 bridgehead atoms. The lowest BCUT2D eigenvalue weighted by molar-refractivity contribution is -0.162. The second-order valence-corrected chi connectivity index (χ2v) is 13.8. The van der Waals surface area contributed by atoms with Gasteiger partial charge in [0.1, 0.15) is 12.2 Å². The van der Waals surface area contributed by atoms with Crippen LogP contribution >= 0.6 is 7.60 Å². The number of carbonyl (C=O) groups excluding carboxylic acids is 2. The quantitative estimate of drug-likeness (QED) is 0.205. The van der Waals surface area contributed by atoms with Gasteiger partial charge in [0.15, 0.2) is 6.23 Å². The maximum atomic E-state index is 13.4. The molecule has 4 atom stereocenters. The molecule has 1 aromatic rings. The van der Waals surface area contributed by atoms with Gasteiger partial charge in [-0.05, 0) is 61.3 Å². The zero-order chi connectivity index (χ0) is 30.5. The average molecular weight is 593 g/mol. The van der Waals surface area contributed by atoms with Crippen molar-refractivity contribution in [1.82, 2.24) is 9.55 Å². The Morgan fingerprint density at radius 3 is 2.05 bits per heavy atom. The fourth-order valence-corrected chi connectivity index (χ4v) is 4.95. The Bertz CT molecular complexity index is 1160. The molecule has 0 spiro atoms. The van der Waals surface area contributed by atoms with Crippen LogP contribution in [-0.4, -0.2) is 71.8 Å². The zero-order valence-electron chi connectivity index (χ0n) is 24.3. The van der Waals surface area contributed by atoms with E-state index in [4.69, 9.17) is 28.0 Å². The molecule has 1 saturated heterocycles. The summed E-state index contributed by atoms with van der Waals surface area (Å²) in [5, 5.41) is 10.8. The summed E-state index contributed by atoms with van der Waals surface area (Å²) in [5.41, 5.74) is -2.62. The maximum Gasteiger partial charge on any atom is 0.336 e. The third-order valence-electron chi connectivity index (χ3n) is 6.03. The molecule has 0 aromatic carbocycles. The van der Waals surface area contributed by atoms with E-state index < -0.39 is 79.7 Å². The van der Waals surface area contributed by atoms with E-state index in [0.29, 0.717) is 0 Å². The number of H-pyrrole nitrogens is 1. The number of ether oxygens (including phenoxy) is 4. The molecule has 1 fully saturated rings. The van der Waals surface area contributed by atoms with E-state index in [1.807, 2.05) is 0 Å². The van der Waals surface area contributed by atoms with Gasteiger partial charge in [-0.25, -0.2) is 4.79 Å². The first-order chi connectivity index (χ1) is 18.4. The van der Waals surface area contributed by atoms with Gasteiger partial charge in [0, 0.05) is 18.9 Å². The summed E-state index contributed by atoms with van der Waals surface area (Å²) in [4.78, 5) is 50.4. The molecule has 1 aliphatic rings. The molecule has 0 aliphatic carbocycles. The molecule has 2 rings (SSSR count). The summed E-state index contributed by atoms with van der Waals surface area (Å²) in [7, 11) is -2.60. The van der Waals surface area contributed by atoms with Crippen molar-refractivity contribution in [2.45, 2.75) is 85.8 Å². The monoisotopic (exact) mass is 592 g/mol. The summed E-state index contributed by atoms with van der Waals surface area (Å²) in [6, 6.07) is 0. The van der Waals surface area contributed by atoms with Crippen molar-refractivity contribution < 1.29 is 47.3 Å². The van der Waals surface area contributed by atoms with Gasteiger partial charge in [0.25, 0.3) is 5.56 Å². The van der Waals surface area contributed by atoms with E-state index in [0.717, 1.165) is 4.57 Å². The molecule has 228 valence electrons. The molecule has 0 saturated carbocycles. The molecule has 2 heterocycles. The highest BCUT2D eigenvalue weighted by atomic mass is 31.2. The maximum absolute atomic E-state index is 13.4. The molecular weight excluding hydrogens is 551 g/mol. The standard InChI is InChI=1S/C25H41N2O12P/c1-15-12-27(23(32)26-19(15)29)20-18(34-8)17(28)16(39-20)10-9-11-40(33,37-13-35-21(30)24(2,3)4)38-14-36-22(31)25(5,6)7/h12,16-18,20,28H,9-11,13-14H2,1-8H3,(H,26,29,32)/t16-,17-,18-,20-/m1/s1. The van der Waals surface area contributed by atoms with Crippen LogP contribution in [0.3, 0.4) is 0 Å². The Balaban J connectivity index is 2.08. The number of carbonyl (C=O) groups is 2. The fraction of sp³-hybridized carbons (Fsp3) is 0.760. The van der Waals surface area contributed by atoms with Crippen LogP contribution in [0.25, 0.3) is 0 Å². The van der Waals surface area contributed by atoms with Crippen LogP contribution in [0, 0.1) is 17.8 Å². The summed E-state index contributed by atoms with van der Waals surface area (Å²) in [6.07, 6.45) is -2.53. The molecule has 1 aliphatic heterocycles. The first-order valence-electron chi connectivity index (χ1n) is 12.8. The third-order valence-corrected chi connectivity index (χ3v) is 7.89. The largest absolute Gasteiger partial charge is 0.438 e. The van der Waals surface area contributed by atoms with Crippen LogP contribution in [0.15, 0.2) is 15.8 Å². The number of rotatable bonds is 12. The van der Waals surface area contributed by atoms with Gasteiger partial charge in [-0.15, -0.1) is 0 Å². The summed E-state index contributed by atoms with van der Waals surface area (Å²) in [5.74, 6) is -1.16. The molecule has 15 heteroatoms. The van der Waals surface area contributed by atoms with Gasteiger partial charge in [-0.1, -0.05) is 0 Å². The van der Waals surface area contributed by atoms with Crippen LogP contribution in [0.4, 0.5) is 0 Å². The highest BCUT2D eigenvalue weighted by Gasteiger charge is 2.45. The number of aromatic amines is 1. The third kappa shape index (κ3) is 9.08. The lowest BCUT2D eigenvalue weighted by atomic mass is 9.98. The molecule has 2 N–H and O–H groups in total. The molecule has 40 heavy (non-hydrogen) atoms. The van der Waals surface area contributed by atoms with Crippen LogP contribution < -0.4 is 11.2 Å². The Hall–Kier alpha value is -2.35. The van der Waals surface area contributed by atoms with Gasteiger partial charge in [0.05, 0.1) is 23.1 Å². The minimum Gasteiger partial charge on any atom is -0.438 e. The number of aliphatic hydroxyl groups is 1. The number of nitrogens with zero attached hydrogens (tertiary/aromatic N) is 1. The average Bonchev–Trinajstić information content (AvgIpc) is 3.15. The number of aryl methyl sites for hydroxylation is 1. The van der Waals surface area contributed by atoms with E-state index in [2.05, 4.69) is 4.98 Å². The van der Waals surface area contributed by atoms with Gasteiger partial charge >= 0.3 is 25.2 Å². The van der Waals surface area contributed by atoms with E-state index in [1.54, 1.807) is 41.5 Å². The predicted octanol–water partition coefficient (Wildman–Crippen LogP) is 2.22. The van der Waals surface area contributed by atoms with Gasteiger partial charge in [0.2, 0.25) is 13.6 Å². The Labute approximate surface area is 232 Å². The number of methoxy groups -OCH3 is 1. The first-order valence-corrected chi connectivity index (χ1v) is 14.5. The zero-order valence-corrected chi connectivity index (χ0v) is 25.1. The van der Waals surface area contributed by atoms with E-state index >= 15 is 0 Å². The molecule has 14 nitrogen and oxygen atoms in total. The lowest BCUT2D eigenvalue weighted by Gasteiger charge is -2.22. The Kier molecular flexibility index (Phi) is 11.5. The number of aromatic nitrogens is 2. The van der Waals surface area contributed by atoms with E-state index in [-0.39, 0.29) is 24.6 Å². The van der Waals surface area contributed by atoms with Crippen molar-refractivity contribution in [3.8, 4) is 0 Å². The Morgan fingerprint density at radius 2 is 1.57 bits per heavy atom. The Morgan fingerprint density at radius 1 is 1.05 bits per heavy atom. The highest BCUT2D eigenvalue weighted by molar-refractivity contribution is 7.53. The van der Waals surface area contributed by atoms with Crippen molar-refractivity contribution in [3.63, 3.8) is 0 Å². The smallest absolute Gasteiger partial charge is 0.336 e. The van der Waals surface area contributed by atoms with Crippen LogP contribution in [0.5, 0.6) is 0 Å². The second kappa shape index (κ2) is 13.5. The van der Waals surface area contributed by atoms with Gasteiger partial charge in [-0.3, -0.25) is 37.5 Å². The van der Waals surface area contributed by atoms with Crippen LogP contribution in [0.1, 0.15) is 66.2 Å². The van der Waals surface area contributed by atoms with E-state index in [1.165, 1.54) is 20.2 Å². The topological polar surface area (TPSA) is 182 Å². The highest BCUT2D eigenvalue weighted by Crippen LogP contribution is 2.49. The predicted molar refractivity (Wildman–Crippen MR) is 141 cm³/mol. The molecule has 0 unspecified atom stereocenters. The van der Waals surface area contributed by atoms with Crippen LogP contribution in [0.2, 0.25) is 0 Å². The minimum atomic E-state index is -3.95. The van der Waals surface area contributed by atoms with Crippen molar-refractivity contribution in [2.24, 2.45) is 10.8 Å². The normalized spacial score (nSPS) is 21.8. The molecule has 1 aromatic heterocycles. The molecule has 0 radical (unpaired) electrons. The van der Waals surface area contributed by atoms with Crippen molar-refractivity contribution in [3.05, 3.63) is 32.6 Å². The summed E-state index contributed by atoms with van der Waals surface area (Å²) in [6.45, 7) is 10.1. The number of aliphatic hydroxyl groups excluding tert-OH is 1. The lowest BCUT2D eigenvalue weighted by Crippen LogP contribution is -2.39. The number of esters is 2. The number of nitrogens with one attached hydrogen (secondary N) is 1. The molecular formula is C25H41N2O12P. The van der Waals surface area contributed by atoms with Crippen molar-refractivity contribution >= 4 is 19.5 Å². The SMILES string of the molecule is CO[C@@H]1[C@H](O)[C@@H](CCCP(=O)(OCOC(=O)C(C)(C)C)OCOC(=O)C(C)(C)C)O[C@H]1n1cc(C)c(=O)[nH]c1=O. The van der Waals surface area contributed by atoms with E-state index in [9.17, 15) is 28.8 Å². The number of hydrogen-bond donors (Lipinski definition) is 2.